The first-order valence-electron chi connectivity index (χ1n) is 8.02. The van der Waals surface area contributed by atoms with Gasteiger partial charge in [-0.1, -0.05) is 6.92 Å². The molecule has 3 rings (SSSR count). The van der Waals surface area contributed by atoms with Crippen LogP contribution in [-0.2, 0) is 16.0 Å². The van der Waals surface area contributed by atoms with Crippen LogP contribution in [0.3, 0.4) is 0 Å². The molecule has 0 bridgehead atoms. The van der Waals surface area contributed by atoms with Crippen molar-refractivity contribution in [3.05, 3.63) is 23.5 Å². The number of carbonyl (C=O) groups excluding carboxylic acids is 1. The van der Waals surface area contributed by atoms with Crippen molar-refractivity contribution in [1.82, 2.24) is 25.2 Å². The number of ether oxygens (including phenoxy) is 2. The van der Waals surface area contributed by atoms with Crippen molar-refractivity contribution in [3.63, 3.8) is 0 Å². The Morgan fingerprint density at radius 1 is 1.54 bits per heavy atom. The molecule has 0 saturated carbocycles. The van der Waals surface area contributed by atoms with Crippen LogP contribution in [0.2, 0.25) is 0 Å². The average Bonchev–Trinajstić information content (AvgIpc) is 3.22. The number of rotatable bonds is 6. The Morgan fingerprint density at radius 2 is 2.42 bits per heavy atom. The molecule has 1 fully saturated rings. The van der Waals surface area contributed by atoms with E-state index in [1.807, 2.05) is 0 Å². The third-order valence-corrected chi connectivity index (χ3v) is 3.69. The van der Waals surface area contributed by atoms with Gasteiger partial charge in [0.15, 0.2) is 12.4 Å². The third-order valence-electron chi connectivity index (χ3n) is 3.69. The maximum absolute atomic E-state index is 12.3. The molecule has 130 valence electrons. The van der Waals surface area contributed by atoms with Crippen molar-refractivity contribution >= 4 is 5.91 Å². The van der Waals surface area contributed by atoms with Crippen LogP contribution in [0.15, 0.2) is 10.6 Å². The smallest absolute Gasteiger partial charge is 0.260 e. The Bertz CT molecular complexity index is 683. The number of nitrogens with zero attached hydrogens (tertiary/aromatic N) is 4. The minimum Gasteiger partial charge on any atom is -0.465 e. The second kappa shape index (κ2) is 7.43. The second-order valence-corrected chi connectivity index (χ2v) is 5.65. The molecule has 0 aromatic carbocycles. The van der Waals surface area contributed by atoms with Crippen molar-refractivity contribution in [3.8, 4) is 5.88 Å². The zero-order valence-corrected chi connectivity index (χ0v) is 13.8. The molecule has 1 atom stereocenters. The summed E-state index contributed by atoms with van der Waals surface area (Å²) in [6.45, 7) is 5.12. The lowest BCUT2D eigenvalue weighted by atomic mass is 10.2. The van der Waals surface area contributed by atoms with E-state index >= 15 is 0 Å². The van der Waals surface area contributed by atoms with Crippen LogP contribution >= 0.6 is 0 Å². The molecular weight excluding hydrogens is 314 g/mol. The van der Waals surface area contributed by atoms with Gasteiger partial charge >= 0.3 is 0 Å². The summed E-state index contributed by atoms with van der Waals surface area (Å²) in [5.41, 5.74) is 0. The normalized spacial score (nSPS) is 17.9. The van der Waals surface area contributed by atoms with Gasteiger partial charge in [0.05, 0.1) is 13.2 Å². The molecule has 1 amide bonds. The van der Waals surface area contributed by atoms with Crippen LogP contribution in [0, 0.1) is 6.92 Å². The number of amides is 1. The average molecular weight is 335 g/mol. The number of carbonyl (C=O) groups is 1. The van der Waals surface area contributed by atoms with Crippen LogP contribution < -0.4 is 4.74 Å². The summed E-state index contributed by atoms with van der Waals surface area (Å²) in [5, 5.41) is 10.8. The SMILES string of the molecule is CCCc1nc([C@H]2CN(C(=O)COc3cc(C)on3)CCO2)n[nH]1. The van der Waals surface area contributed by atoms with Gasteiger partial charge in [-0.3, -0.25) is 9.89 Å². The summed E-state index contributed by atoms with van der Waals surface area (Å²) in [7, 11) is 0. The molecule has 9 nitrogen and oxygen atoms in total. The second-order valence-electron chi connectivity index (χ2n) is 5.65. The predicted molar refractivity (Wildman–Crippen MR) is 82.4 cm³/mol. The number of aromatic nitrogens is 4. The Balaban J connectivity index is 1.54. The quantitative estimate of drug-likeness (QED) is 0.840. The van der Waals surface area contributed by atoms with Crippen LogP contribution in [0.25, 0.3) is 0 Å². The molecule has 2 aromatic rings. The van der Waals surface area contributed by atoms with Crippen molar-refractivity contribution < 1.29 is 18.8 Å². The number of nitrogens with one attached hydrogen (secondary N) is 1. The van der Waals surface area contributed by atoms with Crippen molar-refractivity contribution in [2.24, 2.45) is 0 Å². The fraction of sp³-hybridized carbons (Fsp3) is 0.600. The molecule has 9 heteroatoms. The minimum atomic E-state index is -0.321. The van der Waals surface area contributed by atoms with Crippen molar-refractivity contribution in [2.45, 2.75) is 32.8 Å². The van der Waals surface area contributed by atoms with E-state index in [-0.39, 0.29) is 18.6 Å². The number of H-pyrrole nitrogens is 1. The summed E-state index contributed by atoms with van der Waals surface area (Å²) >= 11 is 0. The highest BCUT2D eigenvalue weighted by Gasteiger charge is 2.28. The fourth-order valence-corrected chi connectivity index (χ4v) is 2.47. The Hall–Kier alpha value is -2.42. The van der Waals surface area contributed by atoms with Crippen LogP contribution in [-0.4, -0.2) is 57.4 Å². The highest BCUT2D eigenvalue weighted by Crippen LogP contribution is 2.19. The van der Waals surface area contributed by atoms with Gasteiger partial charge in [0.2, 0.25) is 0 Å². The lowest BCUT2D eigenvalue weighted by Gasteiger charge is -2.31. The van der Waals surface area contributed by atoms with Gasteiger partial charge in [-0.05, 0) is 18.5 Å². The molecular formula is C15H21N5O4. The zero-order valence-electron chi connectivity index (χ0n) is 13.8. The molecule has 0 spiro atoms. The summed E-state index contributed by atoms with van der Waals surface area (Å²) in [6, 6.07) is 1.64. The number of hydrogen-bond acceptors (Lipinski definition) is 7. The third kappa shape index (κ3) is 3.91. The first-order chi connectivity index (χ1) is 11.7. The van der Waals surface area contributed by atoms with E-state index in [1.54, 1.807) is 17.9 Å². The molecule has 0 radical (unpaired) electrons. The van der Waals surface area contributed by atoms with Crippen LogP contribution in [0.1, 0.15) is 36.9 Å². The van der Waals surface area contributed by atoms with E-state index in [0.29, 0.717) is 37.2 Å². The van der Waals surface area contributed by atoms with E-state index in [0.717, 1.165) is 18.7 Å². The van der Waals surface area contributed by atoms with Gasteiger partial charge in [0, 0.05) is 19.0 Å². The lowest BCUT2D eigenvalue weighted by Crippen LogP contribution is -2.44. The first kappa shape index (κ1) is 16.4. The van der Waals surface area contributed by atoms with E-state index in [4.69, 9.17) is 14.0 Å². The molecule has 1 aliphatic heterocycles. The van der Waals surface area contributed by atoms with Crippen molar-refractivity contribution in [2.75, 3.05) is 26.3 Å². The van der Waals surface area contributed by atoms with E-state index < -0.39 is 0 Å². The van der Waals surface area contributed by atoms with Gasteiger partial charge in [0.1, 0.15) is 17.7 Å². The number of morpholine rings is 1. The van der Waals surface area contributed by atoms with E-state index in [9.17, 15) is 4.79 Å². The first-order valence-corrected chi connectivity index (χ1v) is 8.02. The number of aromatic amines is 1. The van der Waals surface area contributed by atoms with Gasteiger partial charge in [-0.25, -0.2) is 4.98 Å². The summed E-state index contributed by atoms with van der Waals surface area (Å²) in [5.74, 6) is 2.24. The Kier molecular flexibility index (Phi) is 5.09. The van der Waals surface area contributed by atoms with Gasteiger partial charge < -0.3 is 18.9 Å². The Labute approximate surface area is 139 Å². The Morgan fingerprint density at radius 3 is 3.17 bits per heavy atom. The summed E-state index contributed by atoms with van der Waals surface area (Å²) in [4.78, 5) is 18.4. The lowest BCUT2D eigenvalue weighted by molar-refractivity contribution is -0.141. The highest BCUT2D eigenvalue weighted by atomic mass is 16.5. The molecule has 1 aliphatic rings. The van der Waals surface area contributed by atoms with E-state index in [1.165, 1.54) is 0 Å². The van der Waals surface area contributed by atoms with Gasteiger partial charge in [-0.15, -0.1) is 0 Å². The highest BCUT2D eigenvalue weighted by molar-refractivity contribution is 5.77. The standard InChI is InChI=1S/C15H21N5O4/c1-3-4-12-16-15(18-17-12)11-8-20(5-6-22-11)14(21)9-23-13-7-10(2)24-19-13/h7,11H,3-6,8-9H2,1-2H3,(H,16,17,18)/t11-/m1/s1. The molecule has 1 saturated heterocycles. The van der Waals surface area contributed by atoms with Crippen molar-refractivity contribution in [1.29, 1.82) is 0 Å². The monoisotopic (exact) mass is 335 g/mol. The van der Waals surface area contributed by atoms with E-state index in [2.05, 4.69) is 27.3 Å². The molecule has 0 unspecified atom stereocenters. The van der Waals surface area contributed by atoms with Crippen LogP contribution in [0.4, 0.5) is 0 Å². The number of hydrogen-bond donors (Lipinski definition) is 1. The molecule has 2 aromatic heterocycles. The minimum absolute atomic E-state index is 0.0895. The predicted octanol–water partition coefficient (Wildman–Crippen LogP) is 1.03. The zero-order chi connectivity index (χ0) is 16.9. The maximum Gasteiger partial charge on any atom is 0.260 e. The fourth-order valence-electron chi connectivity index (χ4n) is 2.47. The topological polar surface area (TPSA) is 106 Å². The van der Waals surface area contributed by atoms with Gasteiger partial charge in [0.25, 0.3) is 11.8 Å². The molecule has 1 N–H and O–H groups in total. The molecule has 0 aliphatic carbocycles. The molecule has 3 heterocycles. The largest absolute Gasteiger partial charge is 0.465 e. The van der Waals surface area contributed by atoms with Crippen LogP contribution in [0.5, 0.6) is 5.88 Å². The number of aryl methyl sites for hydroxylation is 2. The molecule has 24 heavy (non-hydrogen) atoms. The summed E-state index contributed by atoms with van der Waals surface area (Å²) < 4.78 is 15.9. The summed E-state index contributed by atoms with van der Waals surface area (Å²) in [6.07, 6.45) is 1.51. The maximum atomic E-state index is 12.3. The van der Waals surface area contributed by atoms with Gasteiger partial charge in [-0.2, -0.15) is 5.10 Å².